The van der Waals surface area contributed by atoms with Gasteiger partial charge in [-0.05, 0) is 19.1 Å². The van der Waals surface area contributed by atoms with E-state index in [-0.39, 0.29) is 24.5 Å². The average Bonchev–Trinajstić information content (AvgIpc) is 2.66. The largest absolute Gasteiger partial charge is 0.471 e. The number of rotatable bonds is 7. The van der Waals surface area contributed by atoms with Gasteiger partial charge in [-0.25, -0.2) is 27.3 Å². The fraction of sp³-hybridized carbons (Fsp3) is 0.316. The molecule has 0 aliphatic carbocycles. The molecule has 2 heterocycles. The van der Waals surface area contributed by atoms with Crippen molar-refractivity contribution >= 4 is 17.6 Å². The van der Waals surface area contributed by atoms with Crippen molar-refractivity contribution in [3.8, 4) is 5.88 Å². The van der Waals surface area contributed by atoms with Crippen molar-refractivity contribution in [2.75, 3.05) is 18.5 Å². The van der Waals surface area contributed by atoms with Crippen LogP contribution >= 0.6 is 0 Å². The number of halogens is 4. The Balaban J connectivity index is 1.67. The van der Waals surface area contributed by atoms with Crippen LogP contribution < -0.4 is 15.4 Å². The maximum atomic E-state index is 13.9. The topological polar surface area (TPSA) is 83.6 Å². The van der Waals surface area contributed by atoms with Crippen molar-refractivity contribution in [3.05, 3.63) is 53.2 Å². The first-order chi connectivity index (χ1) is 14.2. The van der Waals surface area contributed by atoms with Crippen LogP contribution in [0.4, 0.5) is 28.0 Å². The Morgan fingerprint density at radius 3 is 2.80 bits per heavy atom. The summed E-state index contributed by atoms with van der Waals surface area (Å²) in [6.07, 6.45) is -1.39. The van der Waals surface area contributed by atoms with Crippen molar-refractivity contribution in [2.24, 2.45) is 0 Å². The SMILES string of the molecule is C[C@H](NC(=O)CN1Cc2c(ccnc2OCC(F)F)NC1=O)c1ccc(F)cc1F. The highest BCUT2D eigenvalue weighted by atomic mass is 19.3. The Morgan fingerprint density at radius 1 is 1.33 bits per heavy atom. The lowest BCUT2D eigenvalue weighted by Gasteiger charge is -2.30. The second-order valence-corrected chi connectivity index (χ2v) is 6.59. The Kier molecular flexibility index (Phi) is 6.38. The number of carbonyl (C=O) groups is 2. The maximum Gasteiger partial charge on any atom is 0.322 e. The summed E-state index contributed by atoms with van der Waals surface area (Å²) in [5, 5.41) is 5.08. The van der Waals surface area contributed by atoms with Gasteiger partial charge in [0.15, 0.2) is 6.61 Å². The highest BCUT2D eigenvalue weighted by molar-refractivity contribution is 5.95. The van der Waals surface area contributed by atoms with E-state index in [1.165, 1.54) is 25.3 Å². The number of ether oxygens (including phenoxy) is 1. The molecule has 0 spiro atoms. The van der Waals surface area contributed by atoms with Gasteiger partial charge < -0.3 is 20.3 Å². The Morgan fingerprint density at radius 2 is 2.10 bits per heavy atom. The van der Waals surface area contributed by atoms with Crippen LogP contribution in [0.1, 0.15) is 24.1 Å². The third kappa shape index (κ3) is 4.97. The summed E-state index contributed by atoms with van der Waals surface area (Å²) < 4.78 is 56.8. The number of carbonyl (C=O) groups excluding carboxylic acids is 2. The molecular formula is C19H18F4N4O3. The molecule has 0 bridgehead atoms. The first-order valence-electron chi connectivity index (χ1n) is 8.93. The number of benzene rings is 1. The monoisotopic (exact) mass is 426 g/mol. The van der Waals surface area contributed by atoms with Gasteiger partial charge >= 0.3 is 6.03 Å². The van der Waals surface area contributed by atoms with Crippen LogP contribution in [0.2, 0.25) is 0 Å². The smallest absolute Gasteiger partial charge is 0.322 e. The van der Waals surface area contributed by atoms with Crippen molar-refractivity contribution in [2.45, 2.75) is 25.9 Å². The van der Waals surface area contributed by atoms with E-state index in [0.29, 0.717) is 17.3 Å². The van der Waals surface area contributed by atoms with Gasteiger partial charge in [0, 0.05) is 17.8 Å². The van der Waals surface area contributed by atoms with Crippen molar-refractivity contribution in [3.63, 3.8) is 0 Å². The van der Waals surface area contributed by atoms with Crippen LogP contribution in [0.25, 0.3) is 0 Å². The molecule has 0 fully saturated rings. The van der Waals surface area contributed by atoms with E-state index in [9.17, 15) is 27.2 Å². The molecule has 0 radical (unpaired) electrons. The zero-order chi connectivity index (χ0) is 21.8. The van der Waals surface area contributed by atoms with Crippen molar-refractivity contribution in [1.82, 2.24) is 15.2 Å². The molecule has 30 heavy (non-hydrogen) atoms. The second-order valence-electron chi connectivity index (χ2n) is 6.59. The van der Waals surface area contributed by atoms with Gasteiger partial charge in [-0.15, -0.1) is 0 Å². The quantitative estimate of drug-likeness (QED) is 0.666. The van der Waals surface area contributed by atoms with Crippen molar-refractivity contribution < 1.29 is 31.9 Å². The van der Waals surface area contributed by atoms with E-state index in [1.54, 1.807) is 0 Å². The lowest BCUT2D eigenvalue weighted by molar-refractivity contribution is -0.122. The summed E-state index contributed by atoms with van der Waals surface area (Å²) in [4.78, 5) is 29.7. The second kappa shape index (κ2) is 8.97. The minimum Gasteiger partial charge on any atom is -0.471 e. The third-order valence-corrected chi connectivity index (χ3v) is 4.38. The zero-order valence-electron chi connectivity index (χ0n) is 15.8. The maximum absolute atomic E-state index is 13.9. The lowest BCUT2D eigenvalue weighted by Crippen LogP contribution is -2.45. The predicted octanol–water partition coefficient (Wildman–Crippen LogP) is 3.23. The van der Waals surface area contributed by atoms with E-state index in [4.69, 9.17) is 4.74 Å². The molecule has 160 valence electrons. The number of urea groups is 1. The highest BCUT2D eigenvalue weighted by Crippen LogP contribution is 2.30. The molecule has 3 amide bonds. The Bertz CT molecular complexity index is 957. The predicted molar refractivity (Wildman–Crippen MR) is 98.1 cm³/mol. The third-order valence-electron chi connectivity index (χ3n) is 4.38. The summed E-state index contributed by atoms with van der Waals surface area (Å²) >= 11 is 0. The highest BCUT2D eigenvalue weighted by Gasteiger charge is 2.28. The number of hydrogen-bond acceptors (Lipinski definition) is 4. The summed E-state index contributed by atoms with van der Waals surface area (Å²) in [6.45, 7) is 0.167. The fourth-order valence-electron chi connectivity index (χ4n) is 2.98. The van der Waals surface area contributed by atoms with E-state index in [0.717, 1.165) is 11.0 Å². The molecule has 0 saturated heterocycles. The lowest BCUT2D eigenvalue weighted by atomic mass is 10.1. The summed E-state index contributed by atoms with van der Waals surface area (Å²) in [5.74, 6) is -2.21. The van der Waals surface area contributed by atoms with E-state index in [2.05, 4.69) is 15.6 Å². The average molecular weight is 426 g/mol. The minimum atomic E-state index is -2.70. The van der Waals surface area contributed by atoms with Gasteiger partial charge in [0.05, 0.1) is 23.8 Å². The van der Waals surface area contributed by atoms with Gasteiger partial charge in [-0.3, -0.25) is 4.79 Å². The molecule has 2 aromatic rings. The molecule has 7 nitrogen and oxygen atoms in total. The molecule has 2 N–H and O–H groups in total. The van der Waals surface area contributed by atoms with Gasteiger partial charge in [0.25, 0.3) is 6.43 Å². The number of amides is 3. The molecule has 0 saturated carbocycles. The number of nitrogens with zero attached hydrogens (tertiary/aromatic N) is 2. The summed E-state index contributed by atoms with van der Waals surface area (Å²) in [7, 11) is 0. The number of hydrogen-bond donors (Lipinski definition) is 2. The van der Waals surface area contributed by atoms with Crippen LogP contribution in [0.15, 0.2) is 30.5 Å². The normalized spacial score (nSPS) is 14.2. The standard InChI is InChI=1S/C19H18F4N4O3/c1-10(12-3-2-11(20)6-14(12)21)25-17(28)8-27-7-13-15(26-19(27)29)4-5-24-18(13)30-9-16(22)23/h2-6,10,16H,7-9H2,1H3,(H,25,28)(H,26,29)/t10-/m0/s1. The number of pyridine rings is 1. The first-order valence-corrected chi connectivity index (χ1v) is 8.93. The van der Waals surface area contributed by atoms with Gasteiger partial charge in [0.1, 0.15) is 18.2 Å². The molecule has 0 unspecified atom stereocenters. The van der Waals surface area contributed by atoms with Gasteiger partial charge in [-0.2, -0.15) is 0 Å². The van der Waals surface area contributed by atoms with Crippen LogP contribution in [0, 0.1) is 11.6 Å². The van der Waals surface area contributed by atoms with Crippen LogP contribution in [-0.4, -0.2) is 41.4 Å². The molecule has 1 aromatic carbocycles. The Labute approximate surface area is 169 Å². The molecule has 1 atom stereocenters. The number of nitrogens with one attached hydrogen (secondary N) is 2. The van der Waals surface area contributed by atoms with Crippen LogP contribution in [0.3, 0.4) is 0 Å². The molecule has 1 aliphatic heterocycles. The van der Waals surface area contributed by atoms with Gasteiger partial charge in [0.2, 0.25) is 11.8 Å². The van der Waals surface area contributed by atoms with Crippen molar-refractivity contribution in [1.29, 1.82) is 0 Å². The van der Waals surface area contributed by atoms with Crippen LogP contribution in [-0.2, 0) is 11.3 Å². The minimum absolute atomic E-state index is 0.0695. The van der Waals surface area contributed by atoms with E-state index < -0.39 is 42.6 Å². The van der Waals surface area contributed by atoms with E-state index >= 15 is 0 Å². The summed E-state index contributed by atoms with van der Waals surface area (Å²) in [6, 6.07) is 3.14. The van der Waals surface area contributed by atoms with E-state index in [1.807, 2.05) is 0 Å². The zero-order valence-corrected chi connectivity index (χ0v) is 15.8. The number of fused-ring (bicyclic) bond motifs is 1. The molecule has 1 aliphatic rings. The first kappa shape index (κ1) is 21.3. The number of aromatic nitrogens is 1. The molecule has 3 rings (SSSR count). The molecular weight excluding hydrogens is 408 g/mol. The summed E-state index contributed by atoms with van der Waals surface area (Å²) in [5.41, 5.74) is 0.783. The molecule has 1 aromatic heterocycles. The molecule has 11 heteroatoms. The number of anilines is 1. The van der Waals surface area contributed by atoms with Gasteiger partial charge in [-0.1, -0.05) is 6.07 Å². The number of alkyl halides is 2. The fourth-order valence-corrected chi connectivity index (χ4v) is 2.98. The Hall–Kier alpha value is -3.37. The van der Waals surface area contributed by atoms with Crippen LogP contribution in [0.5, 0.6) is 5.88 Å².